The van der Waals surface area contributed by atoms with Crippen LogP contribution in [-0.4, -0.2) is 38.4 Å². The normalized spacial score (nSPS) is 15.8. The third-order valence-electron chi connectivity index (χ3n) is 6.57. The lowest BCUT2D eigenvalue weighted by atomic mass is 9.81. The van der Waals surface area contributed by atoms with Crippen LogP contribution in [0, 0.1) is 35.0 Å². The zero-order valence-electron chi connectivity index (χ0n) is 25.5. The van der Waals surface area contributed by atoms with E-state index in [2.05, 4.69) is 61.3 Å². The molecular formula is C31H54N6O2S. The molecule has 1 fully saturated rings. The lowest BCUT2D eigenvalue weighted by molar-refractivity contribution is -0.107. The van der Waals surface area contributed by atoms with Crippen LogP contribution in [0.2, 0.25) is 0 Å². The average Bonchev–Trinajstić information content (AvgIpc) is 3.34. The highest BCUT2D eigenvalue weighted by atomic mass is 32.1. The zero-order chi connectivity index (χ0) is 30.8. The number of hydrogen-bond donors (Lipinski definition) is 4. The predicted octanol–water partition coefficient (Wildman–Crippen LogP) is 5.36. The maximum Gasteiger partial charge on any atom is 0.204 e. The Morgan fingerprint density at radius 1 is 1.23 bits per heavy atom. The first kappa shape index (κ1) is 39.2. The van der Waals surface area contributed by atoms with E-state index in [1.807, 2.05) is 31.5 Å². The third kappa shape index (κ3) is 19.2. The topological polar surface area (TPSA) is 147 Å². The minimum absolute atomic E-state index is 0.250. The van der Waals surface area contributed by atoms with Gasteiger partial charge in [-0.1, -0.05) is 65.2 Å². The lowest BCUT2D eigenvalue weighted by Gasteiger charge is -2.27. The number of nitrogens with two attached hydrogens (primary N) is 2. The molecule has 0 aliphatic heterocycles. The van der Waals surface area contributed by atoms with Crippen molar-refractivity contribution in [3.8, 4) is 6.07 Å². The van der Waals surface area contributed by atoms with E-state index in [1.54, 1.807) is 6.07 Å². The molecule has 9 heteroatoms. The molecule has 0 bridgehead atoms. The number of allylic oxidation sites excluding steroid dienone is 2. The van der Waals surface area contributed by atoms with Crippen molar-refractivity contribution in [3.05, 3.63) is 46.6 Å². The smallest absolute Gasteiger partial charge is 0.204 e. The first-order valence-corrected chi connectivity index (χ1v) is 14.9. The van der Waals surface area contributed by atoms with Gasteiger partial charge in [-0.2, -0.15) is 5.26 Å². The van der Waals surface area contributed by atoms with Crippen LogP contribution in [0.15, 0.2) is 31.0 Å². The molecule has 40 heavy (non-hydrogen) atoms. The number of amides is 2. The molecule has 1 aromatic rings. The minimum Gasteiger partial charge on any atom is -0.385 e. The van der Waals surface area contributed by atoms with Crippen LogP contribution in [0.4, 0.5) is 0 Å². The Bertz CT molecular complexity index is 879. The number of carbonyl (C=O) groups is 2. The molecule has 8 nitrogen and oxygen atoms in total. The molecule has 2 aliphatic rings. The number of carbonyl (C=O) groups excluding carboxylic acids is 2. The number of hydrogen-bond acceptors (Lipinski definition) is 7. The lowest BCUT2D eigenvalue weighted by Crippen LogP contribution is -2.24. The van der Waals surface area contributed by atoms with Crippen LogP contribution >= 0.6 is 11.3 Å². The number of aromatic nitrogens is 1. The maximum absolute atomic E-state index is 8.58. The fraction of sp³-hybridized carbons (Fsp3) is 0.613. The highest BCUT2D eigenvalue weighted by molar-refractivity contribution is 7.11. The summed E-state index contributed by atoms with van der Waals surface area (Å²) in [7, 11) is 3.75. The molecule has 2 unspecified atom stereocenters. The van der Waals surface area contributed by atoms with Crippen molar-refractivity contribution < 1.29 is 9.59 Å². The highest BCUT2D eigenvalue weighted by Crippen LogP contribution is 2.34. The van der Waals surface area contributed by atoms with E-state index in [0.717, 1.165) is 24.6 Å². The minimum atomic E-state index is 0.250. The quantitative estimate of drug-likeness (QED) is 0.218. The zero-order valence-corrected chi connectivity index (χ0v) is 26.3. The molecule has 0 aromatic carbocycles. The van der Waals surface area contributed by atoms with E-state index in [4.69, 9.17) is 19.8 Å². The Morgan fingerprint density at radius 3 is 2.27 bits per heavy atom. The predicted molar refractivity (Wildman–Crippen MR) is 170 cm³/mol. The van der Waals surface area contributed by atoms with Gasteiger partial charge in [0.05, 0.1) is 16.8 Å². The monoisotopic (exact) mass is 574 g/mol. The number of nitriles is 1. The van der Waals surface area contributed by atoms with Crippen molar-refractivity contribution in [2.45, 2.75) is 78.6 Å². The molecule has 0 saturated heterocycles. The Kier molecular flexibility index (Phi) is 25.7. The third-order valence-corrected chi connectivity index (χ3v) is 7.73. The highest BCUT2D eigenvalue weighted by Gasteiger charge is 2.22. The summed E-state index contributed by atoms with van der Waals surface area (Å²) in [4.78, 5) is 23.6. The second-order valence-electron chi connectivity index (χ2n) is 10.1. The molecular weight excluding hydrogens is 520 g/mol. The van der Waals surface area contributed by atoms with E-state index in [9.17, 15) is 0 Å². The van der Waals surface area contributed by atoms with Crippen LogP contribution in [-0.2, 0) is 22.4 Å². The number of primary amides is 2. The second kappa shape index (κ2) is 26.3. The van der Waals surface area contributed by atoms with Gasteiger partial charge in [0, 0.05) is 24.0 Å². The number of fused-ring (bicyclic) bond motifs is 1. The summed E-state index contributed by atoms with van der Waals surface area (Å²) in [5.41, 5.74) is 10.5. The van der Waals surface area contributed by atoms with Crippen LogP contribution in [0.5, 0.6) is 0 Å². The van der Waals surface area contributed by atoms with E-state index < -0.39 is 0 Å². The van der Waals surface area contributed by atoms with Crippen molar-refractivity contribution >= 4 is 30.2 Å². The number of nitrogens with zero attached hydrogens (tertiary/aromatic N) is 2. The van der Waals surface area contributed by atoms with Gasteiger partial charge in [-0.25, -0.2) is 4.98 Å². The molecule has 0 spiro atoms. The largest absolute Gasteiger partial charge is 0.385 e. The standard InChI is InChI=1S/C25H38N2S.C2H7N.C2H3N.2CH3NO/c1-5-19(4)26-17-21(15-20-9-7-6-8-10-20)11-14-25-27-23-13-12-22(18(2)3)16-24(23)28-25;1-3-2;1-2-3;2*2-1-3/h5,12-13,18,20-22,26H,1,4,6-11,14-17H2,2-3H3;3H,1-2H3;1H3;2*1H,(H2,2,3). The Morgan fingerprint density at radius 2 is 1.77 bits per heavy atom. The Labute approximate surface area is 247 Å². The van der Waals surface area contributed by atoms with Crippen molar-refractivity contribution in [2.75, 3.05) is 20.6 Å². The number of rotatable bonds is 10. The van der Waals surface area contributed by atoms with Crippen LogP contribution in [0.25, 0.3) is 6.08 Å². The fourth-order valence-corrected chi connectivity index (χ4v) is 5.77. The van der Waals surface area contributed by atoms with Crippen LogP contribution in [0.3, 0.4) is 0 Å². The first-order chi connectivity index (χ1) is 19.2. The number of nitrogens with one attached hydrogen (secondary N) is 2. The average molecular weight is 575 g/mol. The van der Waals surface area contributed by atoms with Crippen molar-refractivity contribution in [1.82, 2.24) is 15.6 Å². The van der Waals surface area contributed by atoms with E-state index in [0.29, 0.717) is 17.8 Å². The van der Waals surface area contributed by atoms with Crippen LogP contribution < -0.4 is 22.1 Å². The van der Waals surface area contributed by atoms with Gasteiger partial charge in [0.25, 0.3) is 0 Å². The second-order valence-corrected chi connectivity index (χ2v) is 11.3. The summed E-state index contributed by atoms with van der Waals surface area (Å²) >= 11 is 1.96. The van der Waals surface area contributed by atoms with Gasteiger partial charge in [0.2, 0.25) is 12.8 Å². The van der Waals surface area contributed by atoms with E-state index >= 15 is 0 Å². The van der Waals surface area contributed by atoms with Gasteiger partial charge in [-0.05, 0) is 75.6 Å². The Hall–Kier alpha value is -2.96. The van der Waals surface area contributed by atoms with Gasteiger partial charge in [0.1, 0.15) is 0 Å². The molecule has 1 saturated carbocycles. The van der Waals surface area contributed by atoms with Gasteiger partial charge in [0.15, 0.2) is 0 Å². The van der Waals surface area contributed by atoms with Crippen molar-refractivity contribution in [1.29, 1.82) is 5.26 Å². The molecule has 2 aliphatic carbocycles. The summed E-state index contributed by atoms with van der Waals surface area (Å²) < 4.78 is 0. The summed E-state index contributed by atoms with van der Waals surface area (Å²) in [5, 5.41) is 14.9. The fourth-order valence-electron chi connectivity index (χ4n) is 4.62. The Balaban J connectivity index is 0. The molecule has 0 radical (unpaired) electrons. The molecule has 3 rings (SSSR count). The summed E-state index contributed by atoms with van der Waals surface area (Å²) in [6.07, 6.45) is 18.9. The number of aryl methyl sites for hydroxylation is 1. The summed E-state index contributed by atoms with van der Waals surface area (Å²) in [6, 6.07) is 1.75. The molecule has 1 heterocycles. The van der Waals surface area contributed by atoms with Gasteiger partial charge < -0.3 is 22.1 Å². The summed E-state index contributed by atoms with van der Waals surface area (Å²) in [6.45, 7) is 14.9. The maximum atomic E-state index is 8.58. The van der Waals surface area contributed by atoms with Gasteiger partial charge in [-0.3, -0.25) is 9.59 Å². The molecule has 2 amide bonds. The first-order valence-electron chi connectivity index (χ1n) is 14.1. The van der Waals surface area contributed by atoms with Gasteiger partial charge >= 0.3 is 0 Å². The molecule has 6 N–H and O–H groups in total. The van der Waals surface area contributed by atoms with Gasteiger partial charge in [-0.15, -0.1) is 11.3 Å². The van der Waals surface area contributed by atoms with Crippen molar-refractivity contribution in [3.63, 3.8) is 0 Å². The molecule has 1 aromatic heterocycles. The number of thiazole rings is 1. The SMILES string of the molecule is C=CC(=C)NCC(CCc1nc2c(s1)CC(C(C)C)C=C2)CC1CCCCC1.CC#N.CNC.NC=O.NC=O. The van der Waals surface area contributed by atoms with E-state index in [-0.39, 0.29) is 12.8 Å². The summed E-state index contributed by atoms with van der Waals surface area (Å²) in [5.74, 6) is 2.99. The van der Waals surface area contributed by atoms with Crippen LogP contribution in [0.1, 0.15) is 81.3 Å². The molecule has 226 valence electrons. The molecule has 2 atom stereocenters. The van der Waals surface area contributed by atoms with E-state index in [1.165, 1.54) is 73.9 Å². The van der Waals surface area contributed by atoms with Crippen molar-refractivity contribution in [2.24, 2.45) is 35.1 Å².